The Bertz CT molecular complexity index is 1320. The topological polar surface area (TPSA) is 81.1 Å². The molecule has 1 amide bonds. The van der Waals surface area contributed by atoms with Crippen LogP contribution < -0.4 is 15.4 Å². The number of allylic oxidation sites excluding steroid dienone is 1. The highest BCUT2D eigenvalue weighted by Crippen LogP contribution is 2.33. The van der Waals surface area contributed by atoms with E-state index in [4.69, 9.17) is 16.3 Å². The number of nitrogens with zero attached hydrogens (tertiary/aromatic N) is 3. The maximum atomic E-state index is 12.7. The number of fused-ring (bicyclic) bond motifs is 1. The highest BCUT2D eigenvalue weighted by atomic mass is 35.5. The second-order valence-corrected chi connectivity index (χ2v) is 7.89. The normalized spacial score (nSPS) is 14.6. The van der Waals surface area contributed by atoms with Gasteiger partial charge < -0.3 is 10.1 Å². The third kappa shape index (κ3) is 4.31. The zero-order chi connectivity index (χ0) is 22.8. The summed E-state index contributed by atoms with van der Waals surface area (Å²) in [4.78, 5) is 17.2. The van der Waals surface area contributed by atoms with Gasteiger partial charge >= 0.3 is 0 Å². The van der Waals surface area contributed by atoms with Crippen molar-refractivity contribution < 1.29 is 9.53 Å². The molecule has 0 unspecified atom stereocenters. The van der Waals surface area contributed by atoms with E-state index in [-0.39, 0.29) is 17.9 Å². The number of rotatable bonds is 5. The van der Waals surface area contributed by atoms with Crippen molar-refractivity contribution >= 4 is 35.1 Å². The van der Waals surface area contributed by atoms with Gasteiger partial charge in [-0.15, -0.1) is 5.10 Å². The number of halogens is 1. The van der Waals surface area contributed by atoms with Crippen LogP contribution in [-0.4, -0.2) is 27.8 Å². The molecule has 0 saturated heterocycles. The van der Waals surface area contributed by atoms with Gasteiger partial charge in [-0.3, -0.25) is 10.1 Å². The van der Waals surface area contributed by atoms with Crippen LogP contribution >= 0.6 is 11.6 Å². The van der Waals surface area contributed by atoms with Crippen LogP contribution in [0.25, 0.3) is 5.70 Å². The van der Waals surface area contributed by atoms with E-state index in [1.807, 2.05) is 54.6 Å². The van der Waals surface area contributed by atoms with Gasteiger partial charge in [0.1, 0.15) is 11.8 Å². The molecule has 4 aromatic rings. The summed E-state index contributed by atoms with van der Waals surface area (Å²) in [5.74, 6) is 1.12. The number of anilines is 2. The lowest BCUT2D eigenvalue weighted by Gasteiger charge is -2.24. The van der Waals surface area contributed by atoms with Gasteiger partial charge in [0.25, 0.3) is 11.9 Å². The Morgan fingerprint density at radius 1 is 1.03 bits per heavy atom. The van der Waals surface area contributed by atoms with Crippen molar-refractivity contribution in [2.75, 3.05) is 17.7 Å². The maximum absolute atomic E-state index is 12.7. The number of aromatic nitrogens is 3. The van der Waals surface area contributed by atoms with Gasteiger partial charge in [0.15, 0.2) is 0 Å². The molecule has 1 aliphatic heterocycles. The summed E-state index contributed by atoms with van der Waals surface area (Å²) in [5, 5.41) is 11.3. The molecule has 2 heterocycles. The zero-order valence-corrected chi connectivity index (χ0v) is 18.5. The molecule has 33 heavy (non-hydrogen) atoms. The molecule has 0 spiro atoms. The Morgan fingerprint density at radius 2 is 1.76 bits per heavy atom. The van der Waals surface area contributed by atoms with Crippen LogP contribution in [0.2, 0.25) is 5.02 Å². The van der Waals surface area contributed by atoms with Crippen molar-refractivity contribution in [3.63, 3.8) is 0 Å². The minimum absolute atomic E-state index is 0.202. The number of hydrogen-bond acceptors (Lipinski definition) is 5. The molecule has 7 nitrogen and oxygen atoms in total. The quantitative estimate of drug-likeness (QED) is 0.428. The number of hydrogen-bond donors (Lipinski definition) is 2. The Hall–Kier alpha value is -4.10. The lowest BCUT2D eigenvalue weighted by Crippen LogP contribution is -2.20. The third-order valence-corrected chi connectivity index (χ3v) is 5.59. The fraction of sp³-hybridized carbons (Fsp3) is 0.0800. The van der Waals surface area contributed by atoms with Crippen molar-refractivity contribution in [1.29, 1.82) is 0 Å². The first kappa shape index (κ1) is 20.8. The van der Waals surface area contributed by atoms with Gasteiger partial charge in [0, 0.05) is 16.3 Å². The summed E-state index contributed by atoms with van der Waals surface area (Å²) in [6.45, 7) is 0. The SMILES string of the molecule is COc1ccc(C(=O)Nc2nc3n(n2)[C@H](c2ccccc2)C=C(c2ccc(Cl)cc2)N3)cc1. The van der Waals surface area contributed by atoms with Crippen LogP contribution in [0.1, 0.15) is 27.5 Å². The number of benzene rings is 3. The van der Waals surface area contributed by atoms with Gasteiger partial charge in [-0.2, -0.15) is 4.98 Å². The maximum Gasteiger partial charge on any atom is 0.258 e. The van der Waals surface area contributed by atoms with Crippen LogP contribution in [0.3, 0.4) is 0 Å². The second kappa shape index (κ2) is 8.80. The van der Waals surface area contributed by atoms with E-state index >= 15 is 0 Å². The molecule has 8 heteroatoms. The van der Waals surface area contributed by atoms with Gasteiger partial charge in [-0.1, -0.05) is 54.1 Å². The van der Waals surface area contributed by atoms with Crippen LogP contribution in [0.4, 0.5) is 11.9 Å². The average molecular weight is 458 g/mol. The minimum atomic E-state index is -0.303. The monoisotopic (exact) mass is 457 g/mol. The van der Waals surface area contributed by atoms with Gasteiger partial charge in [-0.25, -0.2) is 4.68 Å². The third-order valence-electron chi connectivity index (χ3n) is 5.34. The van der Waals surface area contributed by atoms with E-state index in [0.29, 0.717) is 22.3 Å². The zero-order valence-electron chi connectivity index (χ0n) is 17.7. The predicted octanol–water partition coefficient (Wildman–Crippen LogP) is 5.25. The Morgan fingerprint density at radius 3 is 2.45 bits per heavy atom. The van der Waals surface area contributed by atoms with E-state index < -0.39 is 0 Å². The van der Waals surface area contributed by atoms with Crippen LogP contribution in [0.15, 0.2) is 84.9 Å². The number of carbonyl (C=O) groups excluding carboxylic acids is 1. The molecule has 2 N–H and O–H groups in total. The molecule has 1 atom stereocenters. The number of nitrogens with one attached hydrogen (secondary N) is 2. The first-order valence-corrected chi connectivity index (χ1v) is 10.7. The van der Waals surface area contributed by atoms with Gasteiger partial charge in [-0.05, 0) is 53.6 Å². The van der Waals surface area contributed by atoms with E-state index in [1.54, 1.807) is 36.1 Å². The number of ether oxygens (including phenoxy) is 1. The average Bonchev–Trinajstić information content (AvgIpc) is 3.26. The molecule has 1 aromatic heterocycles. The smallest absolute Gasteiger partial charge is 0.258 e. The fourth-order valence-corrected chi connectivity index (χ4v) is 3.77. The molecule has 5 rings (SSSR count). The highest BCUT2D eigenvalue weighted by Gasteiger charge is 2.26. The van der Waals surface area contributed by atoms with Crippen molar-refractivity contribution in [1.82, 2.24) is 14.8 Å². The van der Waals surface area contributed by atoms with E-state index in [9.17, 15) is 4.79 Å². The summed E-state index contributed by atoms with van der Waals surface area (Å²) in [6.07, 6.45) is 2.08. The van der Waals surface area contributed by atoms with Crippen molar-refractivity contribution in [2.45, 2.75) is 6.04 Å². The summed E-state index contributed by atoms with van der Waals surface area (Å²) < 4.78 is 6.91. The van der Waals surface area contributed by atoms with Gasteiger partial charge in [0.05, 0.1) is 7.11 Å². The summed E-state index contributed by atoms with van der Waals surface area (Å²) in [6, 6.07) is 24.2. The lowest BCUT2D eigenvalue weighted by molar-refractivity contribution is 0.102. The number of amides is 1. The van der Waals surface area contributed by atoms with Crippen LogP contribution in [-0.2, 0) is 0 Å². The molecular formula is C25H20ClN5O2. The first-order chi connectivity index (χ1) is 16.1. The van der Waals surface area contributed by atoms with Crippen molar-refractivity contribution in [2.24, 2.45) is 0 Å². The lowest BCUT2D eigenvalue weighted by atomic mass is 10.0. The van der Waals surface area contributed by atoms with Crippen LogP contribution in [0.5, 0.6) is 5.75 Å². The molecule has 0 fully saturated rings. The summed E-state index contributed by atoms with van der Waals surface area (Å²) in [7, 11) is 1.58. The largest absolute Gasteiger partial charge is 0.497 e. The highest BCUT2D eigenvalue weighted by molar-refractivity contribution is 6.30. The summed E-state index contributed by atoms with van der Waals surface area (Å²) >= 11 is 6.06. The molecule has 0 radical (unpaired) electrons. The molecule has 0 aliphatic carbocycles. The van der Waals surface area contributed by atoms with E-state index in [1.165, 1.54) is 0 Å². The van der Waals surface area contributed by atoms with E-state index in [0.717, 1.165) is 16.8 Å². The second-order valence-electron chi connectivity index (χ2n) is 7.45. The molecule has 0 saturated carbocycles. The van der Waals surface area contributed by atoms with Gasteiger partial charge in [0.2, 0.25) is 5.95 Å². The Labute approximate surface area is 195 Å². The first-order valence-electron chi connectivity index (χ1n) is 10.3. The Balaban J connectivity index is 1.47. The molecule has 3 aromatic carbocycles. The molecular weight excluding hydrogens is 438 g/mol. The summed E-state index contributed by atoms with van der Waals surface area (Å²) in [5.41, 5.74) is 3.38. The standard InChI is InChI=1S/C25H20ClN5O2/c1-33-20-13-9-18(10-14-20)23(32)28-24-29-25-27-21(16-7-11-19(26)12-8-16)15-22(31(25)30-24)17-5-3-2-4-6-17/h2-15,22H,1H3,(H2,27,28,29,30,32)/t22-/m0/s1. The van der Waals surface area contributed by atoms with E-state index in [2.05, 4.69) is 26.8 Å². The van der Waals surface area contributed by atoms with Crippen LogP contribution in [0, 0.1) is 0 Å². The molecule has 1 aliphatic rings. The molecule has 0 bridgehead atoms. The fourth-order valence-electron chi connectivity index (χ4n) is 3.65. The molecule has 164 valence electrons. The Kier molecular flexibility index (Phi) is 5.54. The minimum Gasteiger partial charge on any atom is -0.497 e. The number of carbonyl (C=O) groups is 1. The van der Waals surface area contributed by atoms with Crippen molar-refractivity contribution in [3.8, 4) is 5.75 Å². The number of methoxy groups -OCH3 is 1. The predicted molar refractivity (Wildman–Crippen MR) is 129 cm³/mol. The van der Waals surface area contributed by atoms with Crippen molar-refractivity contribution in [3.05, 3.63) is 107 Å².